The van der Waals surface area contributed by atoms with Crippen LogP contribution < -0.4 is 4.90 Å². The lowest BCUT2D eigenvalue weighted by Crippen LogP contribution is -2.61. The molecule has 2 aromatic heterocycles. The molecule has 4 heteroatoms. The molecule has 0 aromatic carbocycles. The summed E-state index contributed by atoms with van der Waals surface area (Å²) < 4.78 is 0. The zero-order chi connectivity index (χ0) is 13.6. The quantitative estimate of drug-likeness (QED) is 0.920. The SMILES string of the molecule is CC(C)[C@H]1CN(c2ncnc3[nH]ccc23)[C@H]1C(C)C. The van der Waals surface area contributed by atoms with Crippen molar-refractivity contribution in [3.05, 3.63) is 18.6 Å². The van der Waals surface area contributed by atoms with Gasteiger partial charge in [-0.05, 0) is 23.8 Å². The maximum atomic E-state index is 4.52. The smallest absolute Gasteiger partial charge is 0.142 e. The van der Waals surface area contributed by atoms with Gasteiger partial charge in [0.1, 0.15) is 17.8 Å². The number of nitrogens with zero attached hydrogens (tertiary/aromatic N) is 3. The van der Waals surface area contributed by atoms with Gasteiger partial charge in [-0.2, -0.15) is 0 Å². The summed E-state index contributed by atoms with van der Waals surface area (Å²) in [6.07, 6.45) is 3.60. The second kappa shape index (κ2) is 4.51. The van der Waals surface area contributed by atoms with Gasteiger partial charge in [0, 0.05) is 18.8 Å². The van der Waals surface area contributed by atoms with Crippen LogP contribution in [0, 0.1) is 17.8 Å². The third-order valence-electron chi connectivity index (χ3n) is 4.35. The molecule has 1 N–H and O–H groups in total. The van der Waals surface area contributed by atoms with E-state index in [0.29, 0.717) is 12.0 Å². The van der Waals surface area contributed by atoms with Crippen molar-refractivity contribution in [1.29, 1.82) is 0 Å². The Kier molecular flexibility index (Phi) is 2.96. The van der Waals surface area contributed by atoms with E-state index in [9.17, 15) is 0 Å². The van der Waals surface area contributed by atoms with Crippen molar-refractivity contribution in [2.75, 3.05) is 11.4 Å². The summed E-state index contributed by atoms with van der Waals surface area (Å²) >= 11 is 0. The molecule has 0 saturated carbocycles. The van der Waals surface area contributed by atoms with Gasteiger partial charge in [0.25, 0.3) is 0 Å². The lowest BCUT2D eigenvalue weighted by Gasteiger charge is -2.53. The summed E-state index contributed by atoms with van der Waals surface area (Å²) in [7, 11) is 0. The lowest BCUT2D eigenvalue weighted by molar-refractivity contribution is 0.176. The summed E-state index contributed by atoms with van der Waals surface area (Å²) in [5.41, 5.74) is 0.931. The Bertz CT molecular complexity index is 572. The highest BCUT2D eigenvalue weighted by Crippen LogP contribution is 2.40. The van der Waals surface area contributed by atoms with Crippen LogP contribution in [-0.4, -0.2) is 27.5 Å². The van der Waals surface area contributed by atoms with Crippen LogP contribution >= 0.6 is 0 Å². The zero-order valence-corrected chi connectivity index (χ0v) is 12.1. The van der Waals surface area contributed by atoms with E-state index in [0.717, 1.165) is 35.2 Å². The third kappa shape index (κ3) is 1.90. The summed E-state index contributed by atoms with van der Waals surface area (Å²) in [6, 6.07) is 2.66. The molecule has 19 heavy (non-hydrogen) atoms. The average Bonchev–Trinajstić information content (AvgIpc) is 2.74. The molecule has 0 unspecified atom stereocenters. The second-order valence-electron chi connectivity index (χ2n) is 6.23. The Morgan fingerprint density at radius 3 is 2.68 bits per heavy atom. The van der Waals surface area contributed by atoms with Crippen LogP contribution in [0.3, 0.4) is 0 Å². The minimum atomic E-state index is 0.591. The highest BCUT2D eigenvalue weighted by atomic mass is 15.3. The molecule has 1 aliphatic rings. The topological polar surface area (TPSA) is 44.8 Å². The first kappa shape index (κ1) is 12.5. The van der Waals surface area contributed by atoms with Crippen molar-refractivity contribution in [3.63, 3.8) is 0 Å². The van der Waals surface area contributed by atoms with Crippen molar-refractivity contribution in [2.45, 2.75) is 33.7 Å². The Morgan fingerprint density at radius 1 is 1.21 bits per heavy atom. The van der Waals surface area contributed by atoms with Gasteiger partial charge in [0.15, 0.2) is 0 Å². The maximum absolute atomic E-state index is 4.52. The number of hydrogen-bond donors (Lipinski definition) is 1. The zero-order valence-electron chi connectivity index (χ0n) is 12.1. The predicted octanol–water partition coefficient (Wildman–Crippen LogP) is 3.07. The molecule has 3 heterocycles. The van der Waals surface area contributed by atoms with Gasteiger partial charge in [-0.15, -0.1) is 0 Å². The van der Waals surface area contributed by atoms with Gasteiger partial charge in [-0.3, -0.25) is 0 Å². The fraction of sp³-hybridized carbons (Fsp3) is 0.600. The van der Waals surface area contributed by atoms with E-state index in [1.165, 1.54) is 0 Å². The molecule has 3 rings (SSSR count). The number of nitrogens with one attached hydrogen (secondary N) is 1. The fourth-order valence-corrected chi connectivity index (χ4v) is 3.32. The van der Waals surface area contributed by atoms with Crippen LogP contribution in [0.4, 0.5) is 5.82 Å². The molecule has 2 aromatic rings. The van der Waals surface area contributed by atoms with Crippen LogP contribution in [0.1, 0.15) is 27.7 Å². The molecule has 2 atom stereocenters. The maximum Gasteiger partial charge on any atom is 0.142 e. The molecular weight excluding hydrogens is 236 g/mol. The molecule has 0 bridgehead atoms. The van der Waals surface area contributed by atoms with Crippen LogP contribution in [0.15, 0.2) is 18.6 Å². The monoisotopic (exact) mass is 258 g/mol. The van der Waals surface area contributed by atoms with Crippen molar-refractivity contribution in [2.24, 2.45) is 17.8 Å². The first-order valence-electron chi connectivity index (χ1n) is 7.14. The molecule has 1 fully saturated rings. The van der Waals surface area contributed by atoms with Gasteiger partial charge < -0.3 is 9.88 Å². The van der Waals surface area contributed by atoms with Crippen molar-refractivity contribution < 1.29 is 0 Å². The first-order chi connectivity index (χ1) is 9.09. The standard InChI is InChI=1S/C15H22N4/c1-9(2)12-7-19(13(12)10(3)4)15-11-5-6-16-14(11)17-8-18-15/h5-6,8-10,12-13H,7H2,1-4H3,(H,16,17,18)/t12-,13+/m1/s1. The van der Waals surface area contributed by atoms with Crippen molar-refractivity contribution >= 4 is 16.9 Å². The highest BCUT2D eigenvalue weighted by molar-refractivity contribution is 5.87. The van der Waals surface area contributed by atoms with Gasteiger partial charge in [-0.25, -0.2) is 9.97 Å². The summed E-state index contributed by atoms with van der Waals surface area (Å²) in [4.78, 5) is 14.4. The number of fused-ring (bicyclic) bond motifs is 1. The van der Waals surface area contributed by atoms with Crippen LogP contribution in [-0.2, 0) is 0 Å². The molecule has 1 aliphatic heterocycles. The number of rotatable bonds is 3. The molecule has 0 radical (unpaired) electrons. The Hall–Kier alpha value is -1.58. The van der Waals surface area contributed by atoms with Gasteiger partial charge in [0.05, 0.1) is 5.39 Å². The summed E-state index contributed by atoms with van der Waals surface area (Å²) in [5.74, 6) is 3.23. The molecule has 4 nitrogen and oxygen atoms in total. The van der Waals surface area contributed by atoms with E-state index < -0.39 is 0 Å². The molecule has 0 aliphatic carbocycles. The average molecular weight is 258 g/mol. The van der Waals surface area contributed by atoms with Crippen molar-refractivity contribution in [1.82, 2.24) is 15.0 Å². The van der Waals surface area contributed by atoms with Crippen LogP contribution in [0.25, 0.3) is 11.0 Å². The van der Waals surface area contributed by atoms with Gasteiger partial charge >= 0.3 is 0 Å². The lowest BCUT2D eigenvalue weighted by atomic mass is 9.74. The largest absolute Gasteiger partial charge is 0.352 e. The molecular formula is C15H22N4. The van der Waals surface area contributed by atoms with E-state index >= 15 is 0 Å². The molecule has 1 saturated heterocycles. The molecule has 0 amide bonds. The van der Waals surface area contributed by atoms with E-state index in [1.54, 1.807) is 6.33 Å². The number of aromatic amines is 1. The van der Waals surface area contributed by atoms with E-state index in [1.807, 2.05) is 6.20 Å². The van der Waals surface area contributed by atoms with E-state index in [2.05, 4.69) is 53.6 Å². The summed E-state index contributed by atoms with van der Waals surface area (Å²) in [5, 5.41) is 1.13. The Balaban J connectivity index is 1.96. The number of hydrogen-bond acceptors (Lipinski definition) is 3. The minimum Gasteiger partial charge on any atom is -0.352 e. The Morgan fingerprint density at radius 2 is 2.00 bits per heavy atom. The molecule has 102 valence electrons. The Labute approximate surface area is 114 Å². The highest BCUT2D eigenvalue weighted by Gasteiger charge is 2.43. The summed E-state index contributed by atoms with van der Waals surface area (Å²) in [6.45, 7) is 10.4. The first-order valence-corrected chi connectivity index (χ1v) is 7.14. The van der Waals surface area contributed by atoms with E-state index in [4.69, 9.17) is 0 Å². The minimum absolute atomic E-state index is 0.591. The third-order valence-corrected chi connectivity index (χ3v) is 4.35. The van der Waals surface area contributed by atoms with E-state index in [-0.39, 0.29) is 0 Å². The normalized spacial score (nSPS) is 23.4. The molecule has 0 spiro atoms. The number of aromatic nitrogens is 3. The predicted molar refractivity (Wildman–Crippen MR) is 78.2 cm³/mol. The van der Waals surface area contributed by atoms with Gasteiger partial charge in [0.2, 0.25) is 0 Å². The fourth-order valence-electron chi connectivity index (χ4n) is 3.32. The second-order valence-corrected chi connectivity index (χ2v) is 6.23. The van der Waals surface area contributed by atoms with Crippen LogP contribution in [0.5, 0.6) is 0 Å². The number of anilines is 1. The van der Waals surface area contributed by atoms with Crippen molar-refractivity contribution in [3.8, 4) is 0 Å². The number of H-pyrrole nitrogens is 1. The van der Waals surface area contributed by atoms with Gasteiger partial charge in [-0.1, -0.05) is 27.7 Å². The van der Waals surface area contributed by atoms with Crippen LogP contribution in [0.2, 0.25) is 0 Å².